The number of carbonyl (C=O) groups is 3. The number of anilines is 3. The average Bonchev–Trinajstić information content (AvgIpc) is 3.62. The Bertz CT molecular complexity index is 1670. The van der Waals surface area contributed by atoms with Gasteiger partial charge in [0.1, 0.15) is 5.92 Å². The van der Waals surface area contributed by atoms with Crippen LogP contribution in [0.4, 0.5) is 22.7 Å². The lowest BCUT2D eigenvalue weighted by Crippen LogP contribution is -2.36. The van der Waals surface area contributed by atoms with E-state index in [4.69, 9.17) is 4.74 Å². The standard InChI is InChI=1S/C33H30N4O4S/c1-21(38)30-11-12-31(42-30)33(40)35-25-4-2-3-22(18-25)17-23-5-10-29-27(19-23)28(32(39)36-29)20-34-24-6-8-26(9-7-24)37-13-15-41-16-14-37/h2-12,18-20,28H,13-17H2,1H3,(H,35,40)(H,36,39). The van der Waals surface area contributed by atoms with Crippen LogP contribution in [0.1, 0.15) is 48.9 Å². The Hall–Kier alpha value is -4.60. The van der Waals surface area contributed by atoms with Gasteiger partial charge < -0.3 is 20.3 Å². The highest BCUT2D eigenvalue weighted by Crippen LogP contribution is 2.33. The Morgan fingerprint density at radius 2 is 1.76 bits per heavy atom. The summed E-state index contributed by atoms with van der Waals surface area (Å²) in [5, 5.41) is 5.89. The number of aliphatic imine (C=N–C) groups is 1. The summed E-state index contributed by atoms with van der Waals surface area (Å²) in [6, 6.07) is 25.1. The molecule has 2 aliphatic heterocycles. The zero-order valence-electron chi connectivity index (χ0n) is 23.1. The first-order valence-electron chi connectivity index (χ1n) is 13.8. The molecule has 2 amide bonds. The molecule has 0 spiro atoms. The lowest BCUT2D eigenvalue weighted by molar-refractivity contribution is -0.115. The van der Waals surface area contributed by atoms with Crippen LogP contribution in [0.2, 0.25) is 0 Å². The minimum Gasteiger partial charge on any atom is -0.378 e. The summed E-state index contributed by atoms with van der Waals surface area (Å²) in [7, 11) is 0. The minimum absolute atomic E-state index is 0.0565. The number of ether oxygens (including phenoxy) is 1. The number of hydrogen-bond donors (Lipinski definition) is 2. The van der Waals surface area contributed by atoms with Gasteiger partial charge in [-0.15, -0.1) is 11.3 Å². The maximum absolute atomic E-state index is 12.8. The normalized spacial score (nSPS) is 16.4. The van der Waals surface area contributed by atoms with Crippen LogP contribution in [-0.4, -0.2) is 50.1 Å². The second kappa shape index (κ2) is 12.1. The van der Waals surface area contributed by atoms with E-state index in [-0.39, 0.29) is 17.6 Å². The molecule has 0 radical (unpaired) electrons. The fourth-order valence-electron chi connectivity index (χ4n) is 5.16. The summed E-state index contributed by atoms with van der Waals surface area (Å²) in [4.78, 5) is 45.0. The summed E-state index contributed by atoms with van der Waals surface area (Å²) >= 11 is 1.18. The average molecular weight is 579 g/mol. The first-order chi connectivity index (χ1) is 20.4. The van der Waals surface area contributed by atoms with Crippen LogP contribution in [0.25, 0.3) is 0 Å². The van der Waals surface area contributed by atoms with Crippen LogP contribution in [0, 0.1) is 0 Å². The molecular formula is C33H30N4O4S. The van der Waals surface area contributed by atoms with Crippen LogP contribution >= 0.6 is 11.3 Å². The third-order valence-corrected chi connectivity index (χ3v) is 8.54. The van der Waals surface area contributed by atoms with E-state index in [0.717, 1.165) is 60.1 Å². The zero-order chi connectivity index (χ0) is 29.1. The van der Waals surface area contributed by atoms with Crippen LogP contribution in [0.3, 0.4) is 0 Å². The molecular weight excluding hydrogens is 548 g/mol. The highest BCUT2D eigenvalue weighted by molar-refractivity contribution is 7.16. The van der Waals surface area contributed by atoms with Crippen molar-refractivity contribution in [2.24, 2.45) is 4.99 Å². The smallest absolute Gasteiger partial charge is 0.265 e. The van der Waals surface area contributed by atoms with E-state index in [1.165, 1.54) is 18.3 Å². The molecule has 0 aliphatic carbocycles. The molecule has 42 heavy (non-hydrogen) atoms. The van der Waals surface area contributed by atoms with Gasteiger partial charge in [-0.3, -0.25) is 19.4 Å². The first-order valence-corrected chi connectivity index (χ1v) is 14.7. The molecule has 9 heteroatoms. The number of rotatable bonds is 8. The number of morpholine rings is 1. The number of amides is 2. The van der Waals surface area contributed by atoms with Gasteiger partial charge in [-0.1, -0.05) is 24.3 Å². The Kier molecular flexibility index (Phi) is 7.94. The molecule has 8 nitrogen and oxygen atoms in total. The van der Waals surface area contributed by atoms with Gasteiger partial charge in [-0.25, -0.2) is 0 Å². The van der Waals surface area contributed by atoms with Crippen molar-refractivity contribution in [3.05, 3.63) is 105 Å². The maximum Gasteiger partial charge on any atom is 0.265 e. The van der Waals surface area contributed by atoms with E-state index < -0.39 is 5.92 Å². The Labute approximate surface area is 248 Å². The number of nitrogens with one attached hydrogen (secondary N) is 2. The van der Waals surface area contributed by atoms with Crippen molar-refractivity contribution in [3.63, 3.8) is 0 Å². The summed E-state index contributed by atoms with van der Waals surface area (Å²) in [5.41, 5.74) is 6.38. The van der Waals surface area contributed by atoms with Gasteiger partial charge in [-0.2, -0.15) is 0 Å². The van der Waals surface area contributed by atoms with Crippen LogP contribution in [0.15, 0.2) is 83.9 Å². The summed E-state index contributed by atoms with van der Waals surface area (Å²) in [6.45, 7) is 4.71. The Morgan fingerprint density at radius 3 is 2.52 bits per heavy atom. The molecule has 6 rings (SSSR count). The molecule has 2 N–H and O–H groups in total. The molecule has 1 fully saturated rings. The van der Waals surface area contributed by atoms with Crippen LogP contribution < -0.4 is 15.5 Å². The number of nitrogens with zero attached hydrogens (tertiary/aromatic N) is 2. The third kappa shape index (κ3) is 6.17. The van der Waals surface area contributed by atoms with Gasteiger partial charge in [0.15, 0.2) is 5.78 Å². The zero-order valence-corrected chi connectivity index (χ0v) is 23.9. The fraction of sp³-hybridized carbons (Fsp3) is 0.212. The van der Waals surface area contributed by atoms with Gasteiger partial charge >= 0.3 is 0 Å². The summed E-state index contributed by atoms with van der Waals surface area (Å²) in [5.74, 6) is -0.874. The number of Topliss-reactive ketones (excluding diaryl/α,β-unsaturated/α-hetero) is 1. The van der Waals surface area contributed by atoms with E-state index in [9.17, 15) is 14.4 Å². The molecule has 1 unspecified atom stereocenters. The van der Waals surface area contributed by atoms with Gasteiger partial charge in [0, 0.05) is 36.4 Å². The van der Waals surface area contributed by atoms with Crippen molar-refractivity contribution in [2.75, 3.05) is 41.8 Å². The predicted molar refractivity (Wildman–Crippen MR) is 167 cm³/mol. The van der Waals surface area contributed by atoms with E-state index in [1.807, 2.05) is 54.6 Å². The molecule has 0 saturated carbocycles. The van der Waals surface area contributed by atoms with Gasteiger partial charge in [0.25, 0.3) is 5.91 Å². The van der Waals surface area contributed by atoms with Gasteiger partial charge in [0.2, 0.25) is 5.91 Å². The van der Waals surface area contributed by atoms with E-state index in [1.54, 1.807) is 18.3 Å². The molecule has 0 bridgehead atoms. The lowest BCUT2D eigenvalue weighted by atomic mass is 9.96. The second-order valence-electron chi connectivity index (χ2n) is 10.3. The summed E-state index contributed by atoms with van der Waals surface area (Å²) in [6.07, 6.45) is 2.35. The van der Waals surface area contributed by atoms with Crippen molar-refractivity contribution in [2.45, 2.75) is 19.3 Å². The van der Waals surface area contributed by atoms with Gasteiger partial charge in [-0.05, 0) is 84.6 Å². The molecule has 1 atom stereocenters. The van der Waals surface area contributed by atoms with Crippen molar-refractivity contribution in [3.8, 4) is 0 Å². The highest BCUT2D eigenvalue weighted by atomic mass is 32.1. The van der Waals surface area contributed by atoms with Crippen molar-refractivity contribution < 1.29 is 19.1 Å². The third-order valence-electron chi connectivity index (χ3n) is 7.36. The largest absolute Gasteiger partial charge is 0.378 e. The van der Waals surface area contributed by atoms with Crippen LogP contribution in [-0.2, 0) is 16.0 Å². The highest BCUT2D eigenvalue weighted by Gasteiger charge is 2.29. The van der Waals surface area contributed by atoms with Gasteiger partial charge in [0.05, 0.1) is 28.7 Å². The lowest BCUT2D eigenvalue weighted by Gasteiger charge is -2.28. The number of hydrogen-bond acceptors (Lipinski definition) is 7. The van der Waals surface area contributed by atoms with Crippen molar-refractivity contribution >= 4 is 57.9 Å². The molecule has 4 aromatic rings. The van der Waals surface area contributed by atoms with Crippen LogP contribution in [0.5, 0.6) is 0 Å². The van der Waals surface area contributed by atoms with E-state index in [2.05, 4.69) is 32.7 Å². The summed E-state index contributed by atoms with van der Waals surface area (Å²) < 4.78 is 5.44. The number of benzene rings is 3. The first kappa shape index (κ1) is 27.6. The van der Waals surface area contributed by atoms with E-state index >= 15 is 0 Å². The van der Waals surface area contributed by atoms with Crippen molar-refractivity contribution in [1.82, 2.24) is 0 Å². The van der Waals surface area contributed by atoms with Crippen molar-refractivity contribution in [1.29, 1.82) is 0 Å². The maximum atomic E-state index is 12.8. The molecule has 212 valence electrons. The molecule has 2 aliphatic rings. The quantitative estimate of drug-likeness (QED) is 0.195. The topological polar surface area (TPSA) is 100 Å². The molecule has 3 heterocycles. The SMILES string of the molecule is CC(=O)c1ccc(C(=O)Nc2cccc(Cc3ccc4c(c3)C(C=Nc3ccc(N5CCOCC5)cc3)C(=O)N4)c2)s1. The van der Waals surface area contributed by atoms with E-state index in [0.29, 0.717) is 21.9 Å². The predicted octanol–water partition coefficient (Wildman–Crippen LogP) is 6.07. The molecule has 1 saturated heterocycles. The molecule has 3 aromatic carbocycles. The number of ketones is 1. The monoisotopic (exact) mass is 578 g/mol. The number of fused-ring (bicyclic) bond motifs is 1. The Balaban J connectivity index is 1.13. The minimum atomic E-state index is -0.477. The number of carbonyl (C=O) groups excluding carboxylic acids is 3. The fourth-order valence-corrected chi connectivity index (χ4v) is 5.96. The molecule has 1 aromatic heterocycles. The second-order valence-corrected chi connectivity index (χ2v) is 11.4. The number of thiophene rings is 1. The Morgan fingerprint density at radius 1 is 1.00 bits per heavy atom.